The van der Waals surface area contributed by atoms with Crippen LogP contribution >= 0.6 is 0 Å². The zero-order valence-corrected chi connectivity index (χ0v) is 7.79. The van der Waals surface area contributed by atoms with Gasteiger partial charge in [0, 0.05) is 6.20 Å². The lowest BCUT2D eigenvalue weighted by Gasteiger charge is -2.07. The molecular formula is C10H14N2O. The van der Waals surface area contributed by atoms with Crippen LogP contribution in [0.4, 0.5) is 5.69 Å². The molecule has 0 atom stereocenters. The molecule has 1 aliphatic carbocycles. The molecule has 0 amide bonds. The van der Waals surface area contributed by atoms with E-state index < -0.39 is 0 Å². The van der Waals surface area contributed by atoms with Crippen molar-refractivity contribution in [3.8, 4) is 5.88 Å². The smallest absolute Gasteiger partial charge is 0.237 e. The van der Waals surface area contributed by atoms with E-state index in [1.54, 1.807) is 6.20 Å². The lowest BCUT2D eigenvalue weighted by atomic mass is 10.2. The maximum atomic E-state index is 5.80. The highest BCUT2D eigenvalue weighted by atomic mass is 16.5. The van der Waals surface area contributed by atoms with Gasteiger partial charge in [0.1, 0.15) is 0 Å². The predicted octanol–water partition coefficient (Wildman–Crippen LogP) is 1.76. The molecule has 1 saturated carbocycles. The molecule has 2 N–H and O–H groups in total. The van der Waals surface area contributed by atoms with Gasteiger partial charge in [0.05, 0.1) is 12.3 Å². The fourth-order valence-electron chi connectivity index (χ4n) is 1.14. The summed E-state index contributed by atoms with van der Waals surface area (Å²) >= 11 is 0. The number of anilines is 1. The van der Waals surface area contributed by atoms with Gasteiger partial charge in [-0.05, 0) is 37.3 Å². The standard InChI is InChI=1S/C10H14N2O/c1-7-4-5-12-10(9(7)11)13-6-8-2-3-8/h4-5,8H,2-3,6,11H2,1H3. The lowest BCUT2D eigenvalue weighted by Crippen LogP contribution is -2.04. The van der Waals surface area contributed by atoms with E-state index >= 15 is 0 Å². The third kappa shape index (κ3) is 1.91. The highest BCUT2D eigenvalue weighted by Gasteiger charge is 2.22. The number of nitrogens with two attached hydrogens (primary N) is 1. The van der Waals surface area contributed by atoms with Crippen molar-refractivity contribution in [2.75, 3.05) is 12.3 Å². The minimum absolute atomic E-state index is 0.590. The SMILES string of the molecule is Cc1ccnc(OCC2CC2)c1N. The molecule has 1 aromatic heterocycles. The Morgan fingerprint density at radius 3 is 3.08 bits per heavy atom. The molecule has 3 heteroatoms. The van der Waals surface area contributed by atoms with E-state index in [-0.39, 0.29) is 0 Å². The zero-order valence-electron chi connectivity index (χ0n) is 7.79. The van der Waals surface area contributed by atoms with Gasteiger partial charge in [-0.15, -0.1) is 0 Å². The summed E-state index contributed by atoms with van der Waals surface area (Å²) in [4.78, 5) is 4.09. The largest absolute Gasteiger partial charge is 0.476 e. The summed E-state index contributed by atoms with van der Waals surface area (Å²) in [6.45, 7) is 2.72. The fraction of sp³-hybridized carbons (Fsp3) is 0.500. The van der Waals surface area contributed by atoms with Crippen molar-refractivity contribution in [2.45, 2.75) is 19.8 Å². The highest BCUT2D eigenvalue weighted by molar-refractivity contribution is 5.53. The number of nitrogens with zero attached hydrogens (tertiary/aromatic N) is 1. The number of rotatable bonds is 3. The second kappa shape index (κ2) is 3.24. The summed E-state index contributed by atoms with van der Waals surface area (Å²) in [5.74, 6) is 1.33. The summed E-state index contributed by atoms with van der Waals surface area (Å²) in [7, 11) is 0. The summed E-state index contributed by atoms with van der Waals surface area (Å²) in [6.07, 6.45) is 4.30. The molecule has 1 aromatic rings. The second-order valence-corrected chi connectivity index (χ2v) is 3.60. The van der Waals surface area contributed by atoms with Gasteiger partial charge in [0.25, 0.3) is 0 Å². The molecule has 1 fully saturated rings. The first kappa shape index (κ1) is 8.35. The van der Waals surface area contributed by atoms with Crippen molar-refractivity contribution >= 4 is 5.69 Å². The molecular weight excluding hydrogens is 164 g/mol. The first-order valence-corrected chi connectivity index (χ1v) is 4.61. The van der Waals surface area contributed by atoms with E-state index in [2.05, 4.69) is 4.98 Å². The Labute approximate surface area is 77.9 Å². The lowest BCUT2D eigenvalue weighted by molar-refractivity contribution is 0.290. The molecule has 13 heavy (non-hydrogen) atoms. The van der Waals surface area contributed by atoms with Crippen LogP contribution in [0.1, 0.15) is 18.4 Å². The Morgan fingerprint density at radius 1 is 1.62 bits per heavy atom. The van der Waals surface area contributed by atoms with Gasteiger partial charge in [-0.3, -0.25) is 0 Å². The second-order valence-electron chi connectivity index (χ2n) is 3.60. The minimum atomic E-state index is 0.590. The van der Waals surface area contributed by atoms with Gasteiger partial charge in [-0.2, -0.15) is 0 Å². The van der Waals surface area contributed by atoms with Crippen LogP contribution in [0.25, 0.3) is 0 Å². The van der Waals surface area contributed by atoms with Gasteiger partial charge >= 0.3 is 0 Å². The van der Waals surface area contributed by atoms with Gasteiger partial charge < -0.3 is 10.5 Å². The van der Waals surface area contributed by atoms with E-state index in [0.29, 0.717) is 11.6 Å². The molecule has 0 saturated heterocycles. The quantitative estimate of drug-likeness (QED) is 0.767. The van der Waals surface area contributed by atoms with Crippen LogP contribution in [0.2, 0.25) is 0 Å². The molecule has 1 heterocycles. The molecule has 0 spiro atoms. The van der Waals surface area contributed by atoms with E-state index in [0.717, 1.165) is 18.1 Å². The predicted molar refractivity (Wildman–Crippen MR) is 51.6 cm³/mol. The molecule has 0 aromatic carbocycles. The minimum Gasteiger partial charge on any atom is -0.476 e. The van der Waals surface area contributed by atoms with E-state index in [1.807, 2.05) is 13.0 Å². The first-order chi connectivity index (χ1) is 6.27. The fourth-order valence-corrected chi connectivity index (χ4v) is 1.14. The summed E-state index contributed by atoms with van der Waals surface area (Å²) < 4.78 is 5.51. The van der Waals surface area contributed by atoms with Crippen molar-refractivity contribution < 1.29 is 4.74 Å². The van der Waals surface area contributed by atoms with Crippen molar-refractivity contribution in [1.82, 2.24) is 4.98 Å². The number of pyridine rings is 1. The van der Waals surface area contributed by atoms with Crippen LogP contribution in [0.3, 0.4) is 0 Å². The van der Waals surface area contributed by atoms with Gasteiger partial charge in [0.15, 0.2) is 0 Å². The molecule has 2 rings (SSSR count). The molecule has 1 aliphatic rings. The number of aryl methyl sites for hydroxylation is 1. The average molecular weight is 178 g/mol. The number of hydrogen-bond acceptors (Lipinski definition) is 3. The molecule has 0 radical (unpaired) electrons. The molecule has 3 nitrogen and oxygen atoms in total. The first-order valence-electron chi connectivity index (χ1n) is 4.61. The van der Waals surface area contributed by atoms with Crippen LogP contribution in [0.5, 0.6) is 5.88 Å². The molecule has 70 valence electrons. The Bertz CT molecular complexity index is 308. The third-order valence-electron chi connectivity index (χ3n) is 2.32. The Balaban J connectivity index is 2.05. The van der Waals surface area contributed by atoms with Gasteiger partial charge in [-0.25, -0.2) is 4.98 Å². The van der Waals surface area contributed by atoms with E-state index in [4.69, 9.17) is 10.5 Å². The Kier molecular flexibility index (Phi) is 2.08. The Hall–Kier alpha value is -1.25. The number of nitrogen functional groups attached to an aromatic ring is 1. The Morgan fingerprint density at radius 2 is 2.38 bits per heavy atom. The van der Waals surface area contributed by atoms with E-state index in [9.17, 15) is 0 Å². The average Bonchev–Trinajstić information content (AvgIpc) is 2.91. The van der Waals surface area contributed by atoms with Crippen molar-refractivity contribution in [3.63, 3.8) is 0 Å². The summed E-state index contributed by atoms with van der Waals surface area (Å²) in [5, 5.41) is 0. The van der Waals surface area contributed by atoms with Crippen LogP contribution in [0.15, 0.2) is 12.3 Å². The monoisotopic (exact) mass is 178 g/mol. The third-order valence-corrected chi connectivity index (χ3v) is 2.32. The number of hydrogen-bond donors (Lipinski definition) is 1. The highest BCUT2D eigenvalue weighted by Crippen LogP contribution is 2.30. The van der Waals surface area contributed by atoms with Crippen LogP contribution in [0, 0.1) is 12.8 Å². The van der Waals surface area contributed by atoms with Gasteiger partial charge in [0.2, 0.25) is 5.88 Å². The maximum absolute atomic E-state index is 5.80. The van der Waals surface area contributed by atoms with Crippen LogP contribution in [-0.4, -0.2) is 11.6 Å². The number of aromatic nitrogens is 1. The van der Waals surface area contributed by atoms with Crippen molar-refractivity contribution in [1.29, 1.82) is 0 Å². The van der Waals surface area contributed by atoms with Crippen LogP contribution < -0.4 is 10.5 Å². The van der Waals surface area contributed by atoms with Crippen molar-refractivity contribution in [2.24, 2.45) is 5.92 Å². The number of ether oxygens (including phenoxy) is 1. The van der Waals surface area contributed by atoms with Crippen molar-refractivity contribution in [3.05, 3.63) is 17.8 Å². The maximum Gasteiger partial charge on any atom is 0.237 e. The summed E-state index contributed by atoms with van der Waals surface area (Å²) in [6, 6.07) is 1.89. The van der Waals surface area contributed by atoms with Crippen LogP contribution in [-0.2, 0) is 0 Å². The van der Waals surface area contributed by atoms with E-state index in [1.165, 1.54) is 12.8 Å². The summed E-state index contributed by atoms with van der Waals surface area (Å²) in [5.41, 5.74) is 7.50. The van der Waals surface area contributed by atoms with Gasteiger partial charge in [-0.1, -0.05) is 0 Å². The molecule has 0 aliphatic heterocycles. The molecule has 0 unspecified atom stereocenters. The normalized spacial score (nSPS) is 15.8. The molecule has 0 bridgehead atoms. The topological polar surface area (TPSA) is 48.1 Å². The zero-order chi connectivity index (χ0) is 9.26.